The molecule has 2 rings (SSSR count). The number of hydrogen-bond donors (Lipinski definition) is 0. The highest BCUT2D eigenvalue weighted by atomic mass is 32.2. The van der Waals surface area contributed by atoms with Gasteiger partial charge in [-0.3, -0.25) is 0 Å². The Kier molecular flexibility index (Phi) is 7.56. The molecule has 0 unspecified atom stereocenters. The summed E-state index contributed by atoms with van der Waals surface area (Å²) in [4.78, 5) is 2.34. The SMILES string of the molecule is CCOc1ccccc1OC1CCN(CCCS(=O)(=O)C(C)C)CC1. The molecule has 1 aliphatic rings. The predicted octanol–water partition coefficient (Wildman–Crippen LogP) is 3.14. The first-order valence-electron chi connectivity index (χ1n) is 9.24. The number of hydrogen-bond acceptors (Lipinski definition) is 5. The summed E-state index contributed by atoms with van der Waals surface area (Å²) in [5, 5.41) is -0.281. The minimum atomic E-state index is -2.93. The van der Waals surface area contributed by atoms with Crippen molar-refractivity contribution in [2.24, 2.45) is 0 Å². The molecule has 0 atom stereocenters. The van der Waals surface area contributed by atoms with E-state index in [0.717, 1.165) is 44.0 Å². The molecule has 1 heterocycles. The average molecular weight is 370 g/mol. The fourth-order valence-electron chi connectivity index (χ4n) is 2.98. The quantitative estimate of drug-likeness (QED) is 0.669. The van der Waals surface area contributed by atoms with E-state index < -0.39 is 9.84 Å². The van der Waals surface area contributed by atoms with Crippen LogP contribution in [0.5, 0.6) is 11.5 Å². The van der Waals surface area contributed by atoms with Crippen LogP contribution in [-0.4, -0.2) is 56.7 Å². The van der Waals surface area contributed by atoms with E-state index >= 15 is 0 Å². The fourth-order valence-corrected chi connectivity index (χ4v) is 3.98. The first-order chi connectivity index (χ1) is 11.9. The van der Waals surface area contributed by atoms with Gasteiger partial charge in [0.25, 0.3) is 0 Å². The Labute approximate surface area is 152 Å². The number of rotatable bonds is 9. The molecule has 1 aromatic rings. The second-order valence-corrected chi connectivity index (χ2v) is 9.48. The van der Waals surface area contributed by atoms with Crippen molar-refractivity contribution in [1.82, 2.24) is 4.90 Å². The number of sulfone groups is 1. The van der Waals surface area contributed by atoms with Crippen LogP contribution < -0.4 is 9.47 Å². The van der Waals surface area contributed by atoms with Crippen molar-refractivity contribution in [3.63, 3.8) is 0 Å². The molecule has 0 saturated carbocycles. The van der Waals surface area contributed by atoms with Gasteiger partial charge in [0.1, 0.15) is 6.10 Å². The number of likely N-dealkylation sites (tertiary alicyclic amines) is 1. The number of para-hydroxylation sites is 2. The number of nitrogens with zero attached hydrogens (tertiary/aromatic N) is 1. The first kappa shape index (κ1) is 20.0. The summed E-state index contributed by atoms with van der Waals surface area (Å²) in [6, 6.07) is 7.80. The largest absolute Gasteiger partial charge is 0.490 e. The highest BCUT2D eigenvalue weighted by Gasteiger charge is 2.22. The molecule has 0 bridgehead atoms. The molecular formula is C19H31NO4S. The highest BCUT2D eigenvalue weighted by Crippen LogP contribution is 2.29. The van der Waals surface area contributed by atoms with Crippen LogP contribution in [0.25, 0.3) is 0 Å². The maximum absolute atomic E-state index is 11.9. The monoisotopic (exact) mass is 369 g/mol. The maximum atomic E-state index is 11.9. The van der Waals surface area contributed by atoms with E-state index in [-0.39, 0.29) is 17.1 Å². The predicted molar refractivity (Wildman–Crippen MR) is 101 cm³/mol. The van der Waals surface area contributed by atoms with Crippen LogP contribution in [-0.2, 0) is 9.84 Å². The van der Waals surface area contributed by atoms with Gasteiger partial charge in [-0.25, -0.2) is 8.42 Å². The van der Waals surface area contributed by atoms with Crippen LogP contribution in [0.15, 0.2) is 24.3 Å². The molecule has 1 saturated heterocycles. The zero-order valence-corrected chi connectivity index (χ0v) is 16.4. The molecule has 0 aromatic heterocycles. The van der Waals surface area contributed by atoms with Crippen molar-refractivity contribution < 1.29 is 17.9 Å². The molecule has 0 radical (unpaired) electrons. The first-order valence-corrected chi connectivity index (χ1v) is 11.0. The van der Waals surface area contributed by atoms with Crippen LogP contribution in [0.1, 0.15) is 40.0 Å². The van der Waals surface area contributed by atoms with E-state index in [1.54, 1.807) is 13.8 Å². The van der Waals surface area contributed by atoms with Crippen molar-refractivity contribution in [2.45, 2.75) is 51.4 Å². The minimum absolute atomic E-state index is 0.192. The smallest absolute Gasteiger partial charge is 0.161 e. The van der Waals surface area contributed by atoms with Crippen molar-refractivity contribution in [2.75, 3.05) is 32.0 Å². The lowest BCUT2D eigenvalue weighted by Crippen LogP contribution is -2.39. The Bertz CT molecular complexity index is 622. The van der Waals surface area contributed by atoms with E-state index in [0.29, 0.717) is 13.0 Å². The molecule has 0 spiro atoms. The third-order valence-corrected chi connectivity index (χ3v) is 6.89. The second-order valence-electron chi connectivity index (χ2n) is 6.81. The van der Waals surface area contributed by atoms with Crippen molar-refractivity contribution in [3.05, 3.63) is 24.3 Å². The van der Waals surface area contributed by atoms with Gasteiger partial charge in [-0.05, 0) is 58.7 Å². The maximum Gasteiger partial charge on any atom is 0.161 e. The van der Waals surface area contributed by atoms with Crippen LogP contribution in [0.2, 0.25) is 0 Å². The van der Waals surface area contributed by atoms with Crippen LogP contribution in [0.3, 0.4) is 0 Å². The lowest BCUT2D eigenvalue weighted by Gasteiger charge is -2.32. The number of benzene rings is 1. The van der Waals surface area contributed by atoms with Crippen molar-refractivity contribution in [3.8, 4) is 11.5 Å². The summed E-state index contributed by atoms with van der Waals surface area (Å²) in [6.45, 7) is 8.82. The standard InChI is InChI=1S/C19H31NO4S/c1-4-23-18-8-5-6-9-19(18)24-17-10-13-20(14-11-17)12-7-15-25(21,22)16(2)3/h5-6,8-9,16-17H,4,7,10-15H2,1-3H3. The Morgan fingerprint density at radius 3 is 2.40 bits per heavy atom. The van der Waals surface area contributed by atoms with Gasteiger partial charge < -0.3 is 14.4 Å². The summed E-state index contributed by atoms with van der Waals surface area (Å²) in [6.07, 6.45) is 2.81. The Hall–Kier alpha value is -1.27. The van der Waals surface area contributed by atoms with Crippen LogP contribution in [0.4, 0.5) is 0 Å². The van der Waals surface area contributed by atoms with Crippen LogP contribution in [0, 0.1) is 0 Å². The van der Waals surface area contributed by atoms with Gasteiger partial charge in [-0.15, -0.1) is 0 Å². The molecule has 0 N–H and O–H groups in total. The Morgan fingerprint density at radius 2 is 1.80 bits per heavy atom. The minimum Gasteiger partial charge on any atom is -0.490 e. The number of piperidine rings is 1. The second kappa shape index (κ2) is 9.43. The average Bonchev–Trinajstić information content (AvgIpc) is 2.58. The van der Waals surface area contributed by atoms with E-state index in [2.05, 4.69) is 4.90 Å². The summed E-state index contributed by atoms with van der Waals surface area (Å²) in [7, 11) is -2.93. The number of ether oxygens (including phenoxy) is 2. The zero-order valence-electron chi connectivity index (χ0n) is 15.6. The Morgan fingerprint density at radius 1 is 1.16 bits per heavy atom. The molecule has 1 aliphatic heterocycles. The molecule has 1 fully saturated rings. The molecule has 1 aromatic carbocycles. The third-order valence-electron chi connectivity index (χ3n) is 4.60. The summed E-state index contributed by atoms with van der Waals surface area (Å²) >= 11 is 0. The zero-order chi connectivity index (χ0) is 18.3. The molecule has 0 aliphatic carbocycles. The molecule has 0 amide bonds. The molecule has 5 nitrogen and oxygen atoms in total. The van der Waals surface area contributed by atoms with Gasteiger partial charge in [0.2, 0.25) is 0 Å². The topological polar surface area (TPSA) is 55.8 Å². The molecule has 25 heavy (non-hydrogen) atoms. The fraction of sp³-hybridized carbons (Fsp3) is 0.684. The van der Waals surface area contributed by atoms with Gasteiger partial charge in [-0.1, -0.05) is 12.1 Å². The van der Waals surface area contributed by atoms with Crippen LogP contribution >= 0.6 is 0 Å². The third kappa shape index (κ3) is 6.19. The van der Waals surface area contributed by atoms with Gasteiger partial charge in [0, 0.05) is 13.1 Å². The van der Waals surface area contributed by atoms with Crippen molar-refractivity contribution in [1.29, 1.82) is 0 Å². The molecule has 6 heteroatoms. The summed E-state index contributed by atoms with van der Waals surface area (Å²) in [5.74, 6) is 1.89. The van der Waals surface area contributed by atoms with Gasteiger partial charge in [0.15, 0.2) is 21.3 Å². The summed E-state index contributed by atoms with van der Waals surface area (Å²) < 4.78 is 35.5. The lowest BCUT2D eigenvalue weighted by molar-refractivity contribution is 0.0974. The molecular weight excluding hydrogens is 338 g/mol. The molecule has 142 valence electrons. The normalized spacial score (nSPS) is 17.0. The van der Waals surface area contributed by atoms with Gasteiger partial charge in [-0.2, -0.15) is 0 Å². The summed E-state index contributed by atoms with van der Waals surface area (Å²) in [5.41, 5.74) is 0. The van der Waals surface area contributed by atoms with Crippen molar-refractivity contribution >= 4 is 9.84 Å². The van der Waals surface area contributed by atoms with E-state index in [1.807, 2.05) is 31.2 Å². The van der Waals surface area contributed by atoms with E-state index in [9.17, 15) is 8.42 Å². The highest BCUT2D eigenvalue weighted by molar-refractivity contribution is 7.91. The van der Waals surface area contributed by atoms with Gasteiger partial charge in [0.05, 0.1) is 17.6 Å². The lowest BCUT2D eigenvalue weighted by atomic mass is 10.1. The van der Waals surface area contributed by atoms with E-state index in [4.69, 9.17) is 9.47 Å². The van der Waals surface area contributed by atoms with Gasteiger partial charge >= 0.3 is 0 Å². The Balaban J connectivity index is 1.75. The van der Waals surface area contributed by atoms with E-state index in [1.165, 1.54) is 0 Å².